The summed E-state index contributed by atoms with van der Waals surface area (Å²) in [5.41, 5.74) is 4.21. The number of nitrogens with zero attached hydrogens (tertiary/aromatic N) is 2. The van der Waals surface area contributed by atoms with Gasteiger partial charge in [0.15, 0.2) is 5.13 Å². The lowest BCUT2D eigenvalue weighted by Gasteiger charge is -2.16. The van der Waals surface area contributed by atoms with Crippen LogP contribution in [0.15, 0.2) is 18.2 Å². The zero-order valence-electron chi connectivity index (χ0n) is 13.5. The smallest absolute Gasteiger partial charge is 0.308 e. The predicted octanol–water partition coefficient (Wildman–Crippen LogP) is 3.90. The number of rotatable bonds is 6. The first-order valence-corrected chi connectivity index (χ1v) is 8.32. The van der Waals surface area contributed by atoms with Crippen molar-refractivity contribution >= 4 is 22.4 Å². The summed E-state index contributed by atoms with van der Waals surface area (Å²) in [6.07, 6.45) is 0.0151. The van der Waals surface area contributed by atoms with Crippen molar-refractivity contribution in [2.75, 3.05) is 18.0 Å². The standard InChI is InChI=1S/C17H22N2O2S/c1-5-19(6-2)17-18-16(14(22-17)10-15(20)21)13-8-7-11(3)12(4)9-13/h7-9H,5-6,10H2,1-4H3,(H,20,21). The van der Waals surface area contributed by atoms with E-state index in [2.05, 4.69) is 44.7 Å². The van der Waals surface area contributed by atoms with Gasteiger partial charge in [-0.15, -0.1) is 11.3 Å². The normalized spacial score (nSPS) is 10.7. The van der Waals surface area contributed by atoms with Gasteiger partial charge in [-0.2, -0.15) is 0 Å². The second-order valence-corrected chi connectivity index (χ2v) is 6.37. The molecule has 0 spiro atoms. The van der Waals surface area contributed by atoms with Crippen molar-refractivity contribution in [3.63, 3.8) is 0 Å². The van der Waals surface area contributed by atoms with Gasteiger partial charge in [-0.25, -0.2) is 4.98 Å². The maximum Gasteiger partial charge on any atom is 0.308 e. The summed E-state index contributed by atoms with van der Waals surface area (Å²) in [6.45, 7) is 10.0. The average Bonchev–Trinajstić information content (AvgIpc) is 2.86. The van der Waals surface area contributed by atoms with Crippen molar-refractivity contribution in [3.8, 4) is 11.3 Å². The van der Waals surface area contributed by atoms with E-state index in [0.29, 0.717) is 0 Å². The molecule has 2 rings (SSSR count). The van der Waals surface area contributed by atoms with Gasteiger partial charge < -0.3 is 10.0 Å². The van der Waals surface area contributed by atoms with Crippen molar-refractivity contribution in [2.24, 2.45) is 0 Å². The number of hydrogen-bond donors (Lipinski definition) is 1. The average molecular weight is 318 g/mol. The van der Waals surface area contributed by atoms with Crippen molar-refractivity contribution in [3.05, 3.63) is 34.2 Å². The zero-order valence-corrected chi connectivity index (χ0v) is 14.3. The number of carboxylic acids is 1. The second-order valence-electron chi connectivity index (χ2n) is 5.31. The van der Waals surface area contributed by atoms with E-state index in [9.17, 15) is 4.79 Å². The summed E-state index contributed by atoms with van der Waals surface area (Å²) in [6, 6.07) is 6.17. The van der Waals surface area contributed by atoms with E-state index in [1.165, 1.54) is 22.5 Å². The number of aryl methyl sites for hydroxylation is 2. The molecular weight excluding hydrogens is 296 g/mol. The molecule has 118 valence electrons. The van der Waals surface area contributed by atoms with Gasteiger partial charge in [0.05, 0.1) is 12.1 Å². The number of carboxylic acid groups (broad SMARTS) is 1. The molecule has 0 bridgehead atoms. The number of aliphatic carboxylic acids is 1. The highest BCUT2D eigenvalue weighted by Crippen LogP contribution is 2.34. The first-order valence-electron chi connectivity index (χ1n) is 7.50. The van der Waals surface area contributed by atoms with Gasteiger partial charge >= 0.3 is 5.97 Å². The van der Waals surface area contributed by atoms with Crippen LogP contribution in [0.1, 0.15) is 29.9 Å². The highest BCUT2D eigenvalue weighted by Gasteiger charge is 2.18. The summed E-state index contributed by atoms with van der Waals surface area (Å²) in [5.74, 6) is -0.820. The van der Waals surface area contributed by atoms with Crippen LogP contribution in [0.5, 0.6) is 0 Å². The molecule has 0 amide bonds. The lowest BCUT2D eigenvalue weighted by molar-refractivity contribution is -0.136. The molecule has 0 aliphatic rings. The second kappa shape index (κ2) is 6.92. The molecule has 22 heavy (non-hydrogen) atoms. The predicted molar refractivity (Wildman–Crippen MR) is 91.9 cm³/mol. The van der Waals surface area contributed by atoms with Gasteiger partial charge in [-0.1, -0.05) is 12.1 Å². The SMILES string of the molecule is CCN(CC)c1nc(-c2ccc(C)c(C)c2)c(CC(=O)O)s1. The van der Waals surface area contributed by atoms with Gasteiger partial charge in [-0.05, 0) is 44.9 Å². The number of thiazole rings is 1. The highest BCUT2D eigenvalue weighted by atomic mass is 32.1. The van der Waals surface area contributed by atoms with Crippen molar-refractivity contribution in [1.82, 2.24) is 4.98 Å². The summed E-state index contributed by atoms with van der Waals surface area (Å²) in [7, 11) is 0. The van der Waals surface area contributed by atoms with Crippen molar-refractivity contribution in [2.45, 2.75) is 34.1 Å². The molecule has 1 heterocycles. The molecule has 0 aliphatic heterocycles. The fourth-order valence-electron chi connectivity index (χ4n) is 2.34. The largest absolute Gasteiger partial charge is 0.481 e. The van der Waals surface area contributed by atoms with Crippen LogP contribution in [0.4, 0.5) is 5.13 Å². The van der Waals surface area contributed by atoms with Gasteiger partial charge in [-0.3, -0.25) is 4.79 Å². The summed E-state index contributed by atoms with van der Waals surface area (Å²) >= 11 is 1.48. The lowest BCUT2D eigenvalue weighted by Crippen LogP contribution is -2.21. The Kier molecular flexibility index (Phi) is 5.19. The Morgan fingerprint density at radius 2 is 1.91 bits per heavy atom. The molecule has 2 aromatic rings. The molecule has 0 saturated heterocycles. The van der Waals surface area contributed by atoms with E-state index in [1.54, 1.807) is 0 Å². The van der Waals surface area contributed by atoms with Crippen molar-refractivity contribution < 1.29 is 9.90 Å². The van der Waals surface area contributed by atoms with Crippen LogP contribution < -0.4 is 4.90 Å². The summed E-state index contributed by atoms with van der Waals surface area (Å²) < 4.78 is 0. The third-order valence-electron chi connectivity index (χ3n) is 3.81. The molecular formula is C17H22N2O2S. The summed E-state index contributed by atoms with van der Waals surface area (Å²) in [5, 5.41) is 10.1. The first kappa shape index (κ1) is 16.5. The zero-order chi connectivity index (χ0) is 16.3. The van der Waals surface area contributed by atoms with Crippen LogP contribution in [-0.2, 0) is 11.2 Å². The molecule has 0 radical (unpaired) electrons. The highest BCUT2D eigenvalue weighted by molar-refractivity contribution is 7.16. The quantitative estimate of drug-likeness (QED) is 0.877. The van der Waals surface area contributed by atoms with Gasteiger partial charge in [0.2, 0.25) is 0 Å². The van der Waals surface area contributed by atoms with E-state index in [-0.39, 0.29) is 6.42 Å². The van der Waals surface area contributed by atoms with Crippen LogP contribution in [0.25, 0.3) is 11.3 Å². The van der Waals surface area contributed by atoms with Gasteiger partial charge in [0.25, 0.3) is 0 Å². The molecule has 0 fully saturated rings. The minimum absolute atomic E-state index is 0.0151. The monoisotopic (exact) mass is 318 g/mol. The molecule has 5 heteroatoms. The van der Waals surface area contributed by atoms with Crippen LogP contribution in [-0.4, -0.2) is 29.1 Å². The number of carbonyl (C=O) groups is 1. The summed E-state index contributed by atoms with van der Waals surface area (Å²) in [4.78, 5) is 18.9. The number of benzene rings is 1. The molecule has 4 nitrogen and oxygen atoms in total. The van der Waals surface area contributed by atoms with Gasteiger partial charge in [0.1, 0.15) is 0 Å². The van der Waals surface area contributed by atoms with E-state index >= 15 is 0 Å². The van der Waals surface area contributed by atoms with Crippen LogP contribution in [0.2, 0.25) is 0 Å². The molecule has 1 N–H and O–H groups in total. The van der Waals surface area contributed by atoms with Crippen LogP contribution in [0, 0.1) is 13.8 Å². The minimum Gasteiger partial charge on any atom is -0.481 e. The minimum atomic E-state index is -0.820. The Morgan fingerprint density at radius 1 is 1.23 bits per heavy atom. The molecule has 1 aromatic heterocycles. The Hall–Kier alpha value is -1.88. The van der Waals surface area contributed by atoms with Crippen LogP contribution in [0.3, 0.4) is 0 Å². The number of hydrogen-bond acceptors (Lipinski definition) is 4. The lowest BCUT2D eigenvalue weighted by atomic mass is 10.0. The molecule has 0 atom stereocenters. The van der Waals surface area contributed by atoms with Crippen molar-refractivity contribution in [1.29, 1.82) is 0 Å². The van der Waals surface area contributed by atoms with E-state index in [4.69, 9.17) is 10.1 Å². The topological polar surface area (TPSA) is 53.4 Å². The Morgan fingerprint density at radius 3 is 2.45 bits per heavy atom. The first-order chi connectivity index (χ1) is 10.5. The fraction of sp³-hybridized carbons (Fsp3) is 0.412. The maximum absolute atomic E-state index is 11.2. The Labute approximate surface area is 135 Å². The molecule has 0 aliphatic carbocycles. The third-order valence-corrected chi connectivity index (χ3v) is 4.93. The van der Waals surface area contributed by atoms with E-state index in [0.717, 1.165) is 34.4 Å². The molecule has 1 aromatic carbocycles. The van der Waals surface area contributed by atoms with Gasteiger partial charge in [0, 0.05) is 23.5 Å². The molecule has 0 unspecified atom stereocenters. The molecule has 0 saturated carbocycles. The maximum atomic E-state index is 11.2. The van der Waals surface area contributed by atoms with E-state index < -0.39 is 5.97 Å². The Bertz CT molecular complexity index is 675. The fourth-order valence-corrected chi connectivity index (χ4v) is 3.54. The third kappa shape index (κ3) is 3.47. The van der Waals surface area contributed by atoms with Crippen LogP contribution >= 0.6 is 11.3 Å². The number of aromatic nitrogens is 1. The Balaban J connectivity index is 2.51. The van der Waals surface area contributed by atoms with E-state index in [1.807, 2.05) is 6.07 Å². The number of anilines is 1.